The van der Waals surface area contributed by atoms with E-state index in [0.717, 1.165) is 0 Å². The number of benzene rings is 1. The molecule has 22 heavy (non-hydrogen) atoms. The maximum Gasteiger partial charge on any atom is 0.339 e. The second-order valence-electron chi connectivity index (χ2n) is 4.80. The number of hydrogen-bond donors (Lipinski definition) is 1. The molecule has 0 bridgehead atoms. The van der Waals surface area contributed by atoms with Gasteiger partial charge in [0, 0.05) is 13.2 Å². The van der Waals surface area contributed by atoms with Crippen LogP contribution in [0.1, 0.15) is 30.6 Å². The van der Waals surface area contributed by atoms with Gasteiger partial charge >= 0.3 is 5.97 Å². The van der Waals surface area contributed by atoms with Gasteiger partial charge in [0.05, 0.1) is 28.7 Å². The number of sulfonamides is 1. The Morgan fingerprint density at radius 2 is 2.05 bits per heavy atom. The van der Waals surface area contributed by atoms with Crippen LogP contribution in [-0.4, -0.2) is 40.8 Å². The van der Waals surface area contributed by atoms with E-state index in [4.69, 9.17) is 16.3 Å². The maximum absolute atomic E-state index is 12.2. The molecule has 8 heteroatoms. The van der Waals surface area contributed by atoms with Gasteiger partial charge in [0.25, 0.3) is 0 Å². The summed E-state index contributed by atoms with van der Waals surface area (Å²) in [6, 6.07) is 3.88. The Morgan fingerprint density at radius 3 is 2.64 bits per heavy atom. The lowest BCUT2D eigenvalue weighted by atomic mass is 10.2. The summed E-state index contributed by atoms with van der Waals surface area (Å²) in [4.78, 5) is 11.5. The third kappa shape index (κ3) is 5.57. The minimum Gasteiger partial charge on any atom is -0.465 e. The number of methoxy groups -OCH3 is 1. The van der Waals surface area contributed by atoms with E-state index in [0.29, 0.717) is 13.0 Å². The Labute approximate surface area is 135 Å². The summed E-state index contributed by atoms with van der Waals surface area (Å²) in [5.41, 5.74) is 0.00943. The molecule has 1 aromatic carbocycles. The Bertz CT molecular complexity index is 616. The van der Waals surface area contributed by atoms with Crippen LogP contribution in [0.3, 0.4) is 0 Å². The van der Waals surface area contributed by atoms with Gasteiger partial charge in [-0.25, -0.2) is 17.9 Å². The number of rotatable bonds is 8. The molecule has 0 fully saturated rings. The number of carbonyl (C=O) groups excluding carboxylic acids is 1. The smallest absolute Gasteiger partial charge is 0.339 e. The Morgan fingerprint density at radius 1 is 1.36 bits per heavy atom. The van der Waals surface area contributed by atoms with Crippen molar-refractivity contribution >= 4 is 27.6 Å². The summed E-state index contributed by atoms with van der Waals surface area (Å²) in [6.45, 7) is 4.53. The van der Waals surface area contributed by atoms with E-state index in [1.165, 1.54) is 25.3 Å². The molecule has 1 rings (SSSR count). The molecule has 0 aliphatic heterocycles. The van der Waals surface area contributed by atoms with Crippen LogP contribution in [0.5, 0.6) is 0 Å². The summed E-state index contributed by atoms with van der Waals surface area (Å²) in [5, 5.41) is 0.135. The first kappa shape index (κ1) is 18.9. The van der Waals surface area contributed by atoms with Crippen LogP contribution < -0.4 is 4.72 Å². The van der Waals surface area contributed by atoms with Crippen LogP contribution in [0.2, 0.25) is 5.02 Å². The average molecular weight is 350 g/mol. The number of esters is 1. The van der Waals surface area contributed by atoms with E-state index in [-0.39, 0.29) is 28.1 Å². The topological polar surface area (TPSA) is 81.7 Å². The quantitative estimate of drug-likeness (QED) is 0.575. The van der Waals surface area contributed by atoms with Crippen LogP contribution in [0.15, 0.2) is 23.1 Å². The lowest BCUT2D eigenvalue weighted by Crippen LogP contribution is -2.26. The van der Waals surface area contributed by atoms with Gasteiger partial charge in [-0.2, -0.15) is 0 Å². The fourth-order valence-electron chi connectivity index (χ4n) is 1.62. The van der Waals surface area contributed by atoms with Crippen molar-refractivity contribution in [1.82, 2.24) is 4.72 Å². The van der Waals surface area contributed by atoms with E-state index in [1.54, 1.807) is 0 Å². The monoisotopic (exact) mass is 349 g/mol. The van der Waals surface area contributed by atoms with Crippen molar-refractivity contribution < 1.29 is 22.7 Å². The molecule has 0 saturated heterocycles. The first-order chi connectivity index (χ1) is 10.3. The second-order valence-corrected chi connectivity index (χ2v) is 6.98. The van der Waals surface area contributed by atoms with Gasteiger partial charge in [-0.1, -0.05) is 11.6 Å². The standard InChI is InChI=1S/C14H20ClNO5S/c1-10(2)21-8-4-7-16-22(18,19)11-5-6-13(15)12(9-11)14(17)20-3/h5-6,9-10,16H,4,7-8H2,1-3H3. The molecule has 0 atom stereocenters. The molecule has 0 aliphatic carbocycles. The summed E-state index contributed by atoms with van der Waals surface area (Å²) in [6.07, 6.45) is 0.657. The fraction of sp³-hybridized carbons (Fsp3) is 0.500. The summed E-state index contributed by atoms with van der Waals surface area (Å²) in [7, 11) is -2.51. The van der Waals surface area contributed by atoms with E-state index in [1.807, 2.05) is 13.8 Å². The van der Waals surface area contributed by atoms with E-state index in [9.17, 15) is 13.2 Å². The van der Waals surface area contributed by atoms with Gasteiger partial charge in [0.1, 0.15) is 0 Å². The highest BCUT2D eigenvalue weighted by Gasteiger charge is 2.18. The predicted molar refractivity (Wildman–Crippen MR) is 83.7 cm³/mol. The molecule has 0 aliphatic rings. The van der Waals surface area contributed by atoms with E-state index in [2.05, 4.69) is 9.46 Å². The molecule has 0 saturated carbocycles. The number of nitrogens with one attached hydrogen (secondary N) is 1. The molecule has 1 N–H and O–H groups in total. The minimum absolute atomic E-state index is 0.00943. The fourth-order valence-corrected chi connectivity index (χ4v) is 2.91. The van der Waals surface area contributed by atoms with Gasteiger partial charge in [-0.3, -0.25) is 0 Å². The number of hydrogen-bond acceptors (Lipinski definition) is 5. The molecule has 0 unspecified atom stereocenters. The molecular formula is C14H20ClNO5S. The Hall–Kier alpha value is -1.15. The molecule has 0 aromatic heterocycles. The van der Waals surface area contributed by atoms with Crippen LogP contribution in [0.4, 0.5) is 0 Å². The zero-order valence-electron chi connectivity index (χ0n) is 12.8. The normalized spacial score (nSPS) is 11.7. The van der Waals surface area contributed by atoms with Crippen molar-refractivity contribution in [2.24, 2.45) is 0 Å². The summed E-state index contributed by atoms with van der Waals surface area (Å²) < 4.78 is 36.7. The zero-order chi connectivity index (χ0) is 16.8. The lowest BCUT2D eigenvalue weighted by molar-refractivity contribution is 0.0600. The van der Waals surface area contributed by atoms with Crippen LogP contribution in [-0.2, 0) is 19.5 Å². The summed E-state index contributed by atoms with van der Waals surface area (Å²) in [5.74, 6) is -0.688. The molecule has 6 nitrogen and oxygen atoms in total. The van der Waals surface area contributed by atoms with Crippen molar-refractivity contribution in [2.75, 3.05) is 20.3 Å². The van der Waals surface area contributed by atoms with E-state index < -0.39 is 16.0 Å². The van der Waals surface area contributed by atoms with Gasteiger partial charge in [-0.15, -0.1) is 0 Å². The summed E-state index contributed by atoms with van der Waals surface area (Å²) >= 11 is 5.86. The molecule has 0 amide bonds. The molecule has 0 heterocycles. The molecule has 124 valence electrons. The second kappa shape index (κ2) is 8.47. The van der Waals surface area contributed by atoms with Crippen molar-refractivity contribution in [1.29, 1.82) is 0 Å². The lowest BCUT2D eigenvalue weighted by Gasteiger charge is -2.10. The van der Waals surface area contributed by atoms with Crippen LogP contribution >= 0.6 is 11.6 Å². The van der Waals surface area contributed by atoms with Crippen molar-refractivity contribution in [3.63, 3.8) is 0 Å². The molecule has 0 spiro atoms. The maximum atomic E-state index is 12.2. The minimum atomic E-state index is -3.71. The first-order valence-electron chi connectivity index (χ1n) is 6.77. The van der Waals surface area contributed by atoms with Crippen molar-refractivity contribution in [3.05, 3.63) is 28.8 Å². The third-order valence-corrected chi connectivity index (χ3v) is 4.51. The molecular weight excluding hydrogens is 330 g/mol. The highest BCUT2D eigenvalue weighted by molar-refractivity contribution is 7.89. The predicted octanol–water partition coefficient (Wildman–Crippen LogP) is 2.22. The average Bonchev–Trinajstić information content (AvgIpc) is 2.46. The molecule has 0 radical (unpaired) electrons. The SMILES string of the molecule is COC(=O)c1cc(S(=O)(=O)NCCCOC(C)C)ccc1Cl. The van der Waals surface area contributed by atoms with Crippen molar-refractivity contribution in [3.8, 4) is 0 Å². The highest BCUT2D eigenvalue weighted by atomic mass is 35.5. The Balaban J connectivity index is 2.75. The number of carbonyl (C=O) groups is 1. The number of ether oxygens (including phenoxy) is 2. The number of halogens is 1. The van der Waals surface area contributed by atoms with Gasteiger partial charge in [-0.05, 0) is 38.5 Å². The van der Waals surface area contributed by atoms with E-state index >= 15 is 0 Å². The third-order valence-electron chi connectivity index (χ3n) is 2.72. The highest BCUT2D eigenvalue weighted by Crippen LogP contribution is 2.21. The van der Waals surface area contributed by atoms with Crippen LogP contribution in [0, 0.1) is 0 Å². The zero-order valence-corrected chi connectivity index (χ0v) is 14.3. The van der Waals surface area contributed by atoms with Crippen molar-refractivity contribution in [2.45, 2.75) is 31.3 Å². The van der Waals surface area contributed by atoms with Gasteiger partial charge in [0.15, 0.2) is 0 Å². The van der Waals surface area contributed by atoms with Crippen LogP contribution in [0.25, 0.3) is 0 Å². The first-order valence-corrected chi connectivity index (χ1v) is 8.63. The largest absolute Gasteiger partial charge is 0.465 e. The molecule has 1 aromatic rings. The Kier molecular flexibility index (Phi) is 7.28. The van der Waals surface area contributed by atoms with Gasteiger partial charge in [0.2, 0.25) is 10.0 Å². The van der Waals surface area contributed by atoms with Gasteiger partial charge < -0.3 is 9.47 Å².